The normalized spacial score (nSPS) is 10.8. The second-order valence-corrected chi connectivity index (χ2v) is 5.76. The fourth-order valence-electron chi connectivity index (χ4n) is 2.22. The van der Waals surface area contributed by atoms with Crippen molar-refractivity contribution in [3.05, 3.63) is 57.2 Å². The quantitative estimate of drug-likeness (QED) is 0.694. The highest BCUT2D eigenvalue weighted by atomic mass is 32.1. The van der Waals surface area contributed by atoms with E-state index in [4.69, 9.17) is 0 Å². The minimum Gasteiger partial charge on any atom is -0.505 e. The van der Waals surface area contributed by atoms with Crippen molar-refractivity contribution in [1.82, 2.24) is 4.98 Å². The van der Waals surface area contributed by atoms with Crippen molar-refractivity contribution in [3.63, 3.8) is 0 Å². The number of H-pyrrole nitrogens is 1. The number of amides is 1. The lowest BCUT2D eigenvalue weighted by Crippen LogP contribution is -2.23. The molecule has 0 aliphatic heterocycles. The lowest BCUT2D eigenvalue weighted by molar-refractivity contribution is 0.102. The Morgan fingerprint density at radius 3 is 2.68 bits per heavy atom. The van der Waals surface area contributed by atoms with E-state index >= 15 is 0 Å². The molecule has 6 heteroatoms. The largest absolute Gasteiger partial charge is 0.505 e. The summed E-state index contributed by atoms with van der Waals surface area (Å²) in [6.07, 6.45) is 0.906. The van der Waals surface area contributed by atoms with Crippen LogP contribution in [0.1, 0.15) is 22.8 Å². The van der Waals surface area contributed by atoms with Crippen LogP contribution in [-0.4, -0.2) is 16.0 Å². The Balaban J connectivity index is 1.96. The number of nitrogens with one attached hydrogen (secondary N) is 2. The molecule has 0 radical (unpaired) electrons. The van der Waals surface area contributed by atoms with E-state index in [9.17, 15) is 14.7 Å². The summed E-state index contributed by atoms with van der Waals surface area (Å²) in [7, 11) is 0. The summed E-state index contributed by atoms with van der Waals surface area (Å²) in [6.45, 7) is 2.04. The molecule has 0 aliphatic rings. The number of aromatic nitrogens is 1. The third-order valence-electron chi connectivity index (χ3n) is 3.44. The van der Waals surface area contributed by atoms with E-state index in [1.54, 1.807) is 23.6 Å². The van der Waals surface area contributed by atoms with Gasteiger partial charge in [0.05, 0.1) is 10.2 Å². The Bertz CT molecular complexity index is 894. The van der Waals surface area contributed by atoms with Gasteiger partial charge in [0.15, 0.2) is 5.75 Å². The van der Waals surface area contributed by atoms with Gasteiger partial charge >= 0.3 is 0 Å². The van der Waals surface area contributed by atoms with Gasteiger partial charge in [-0.25, -0.2) is 0 Å². The van der Waals surface area contributed by atoms with Crippen LogP contribution in [0.25, 0.3) is 10.2 Å². The molecule has 0 bridgehead atoms. The molecule has 3 rings (SSSR count). The first-order chi connectivity index (χ1) is 10.6. The number of rotatable bonds is 3. The standard InChI is InChI=1S/C16H14N2O3S/c1-2-9-3-5-10(6-4-9)17-15(20)12-13(19)14-11(7-8-22-14)18-16(12)21/h3-8H,2H2,1H3,(H,17,20)(H2,18,19,21). The molecule has 1 aromatic carbocycles. The fourth-order valence-corrected chi connectivity index (χ4v) is 3.02. The second-order valence-electron chi connectivity index (χ2n) is 4.85. The molecule has 22 heavy (non-hydrogen) atoms. The molecule has 3 N–H and O–H groups in total. The van der Waals surface area contributed by atoms with Crippen molar-refractivity contribution >= 4 is 33.1 Å². The highest BCUT2D eigenvalue weighted by Gasteiger charge is 2.19. The second kappa shape index (κ2) is 5.65. The van der Waals surface area contributed by atoms with Gasteiger partial charge in [-0.15, -0.1) is 11.3 Å². The van der Waals surface area contributed by atoms with Crippen LogP contribution in [0.15, 0.2) is 40.5 Å². The maximum Gasteiger partial charge on any atom is 0.265 e. The lowest BCUT2D eigenvalue weighted by Gasteiger charge is -2.07. The van der Waals surface area contributed by atoms with E-state index in [0.717, 1.165) is 12.0 Å². The SMILES string of the molecule is CCc1ccc(NC(=O)c2c(O)c3sccc3[nH]c2=O)cc1. The molecule has 0 fully saturated rings. The molecule has 1 amide bonds. The van der Waals surface area contributed by atoms with Crippen molar-refractivity contribution in [3.8, 4) is 5.75 Å². The van der Waals surface area contributed by atoms with Gasteiger partial charge in [-0.05, 0) is 35.6 Å². The molecule has 5 nitrogen and oxygen atoms in total. The van der Waals surface area contributed by atoms with E-state index in [2.05, 4.69) is 10.3 Å². The summed E-state index contributed by atoms with van der Waals surface area (Å²) in [5.41, 5.74) is 1.38. The average Bonchev–Trinajstić information content (AvgIpc) is 2.96. The number of aryl methyl sites for hydroxylation is 1. The summed E-state index contributed by atoms with van der Waals surface area (Å²) in [5.74, 6) is -0.908. The number of anilines is 1. The van der Waals surface area contributed by atoms with Crippen molar-refractivity contribution in [1.29, 1.82) is 0 Å². The first kappa shape index (κ1) is 14.3. The van der Waals surface area contributed by atoms with Crippen LogP contribution in [0.3, 0.4) is 0 Å². The van der Waals surface area contributed by atoms with Crippen molar-refractivity contribution in [2.75, 3.05) is 5.32 Å². The number of thiophene rings is 1. The minimum absolute atomic E-state index is 0.269. The lowest BCUT2D eigenvalue weighted by atomic mass is 10.1. The van der Waals surface area contributed by atoms with Gasteiger partial charge in [-0.1, -0.05) is 19.1 Å². The molecule has 0 aliphatic carbocycles. The first-order valence-corrected chi connectivity index (χ1v) is 7.71. The summed E-state index contributed by atoms with van der Waals surface area (Å²) in [6, 6.07) is 9.04. The number of carbonyl (C=O) groups excluding carboxylic acids is 1. The summed E-state index contributed by atoms with van der Waals surface area (Å²) in [5, 5.41) is 14.6. The van der Waals surface area contributed by atoms with Crippen LogP contribution in [0.4, 0.5) is 5.69 Å². The minimum atomic E-state index is -0.627. The first-order valence-electron chi connectivity index (χ1n) is 6.83. The number of benzene rings is 1. The fraction of sp³-hybridized carbons (Fsp3) is 0.125. The third-order valence-corrected chi connectivity index (χ3v) is 4.36. The molecule has 0 unspecified atom stereocenters. The predicted octanol–water partition coefficient (Wildman–Crippen LogP) is 3.11. The number of pyridine rings is 1. The Labute approximate surface area is 130 Å². The van der Waals surface area contributed by atoms with Crippen LogP contribution in [0.2, 0.25) is 0 Å². The molecule has 2 heterocycles. The predicted molar refractivity (Wildman–Crippen MR) is 87.9 cm³/mol. The molecule has 0 spiro atoms. The monoisotopic (exact) mass is 314 g/mol. The third kappa shape index (κ3) is 2.48. The van der Waals surface area contributed by atoms with Gasteiger partial charge in [0.25, 0.3) is 11.5 Å². The van der Waals surface area contributed by atoms with Gasteiger partial charge in [0.1, 0.15) is 5.56 Å². The molecule has 0 saturated heterocycles. The van der Waals surface area contributed by atoms with Crippen LogP contribution < -0.4 is 10.9 Å². The zero-order valence-electron chi connectivity index (χ0n) is 11.8. The highest BCUT2D eigenvalue weighted by Crippen LogP contribution is 2.29. The zero-order chi connectivity index (χ0) is 15.7. The Hall–Kier alpha value is -2.60. The topological polar surface area (TPSA) is 82.2 Å². The van der Waals surface area contributed by atoms with Crippen LogP contribution in [0.5, 0.6) is 5.75 Å². The van der Waals surface area contributed by atoms with Crippen LogP contribution in [0, 0.1) is 0 Å². The van der Waals surface area contributed by atoms with E-state index in [1.165, 1.54) is 11.3 Å². The summed E-state index contributed by atoms with van der Waals surface area (Å²) in [4.78, 5) is 26.9. The molecule has 2 aromatic heterocycles. The van der Waals surface area contributed by atoms with Crippen LogP contribution >= 0.6 is 11.3 Å². The van der Waals surface area contributed by atoms with Gasteiger partial charge in [0, 0.05) is 5.69 Å². The maximum atomic E-state index is 12.3. The molecule has 0 saturated carbocycles. The molecule has 112 valence electrons. The summed E-state index contributed by atoms with van der Waals surface area (Å²) < 4.78 is 0.492. The van der Waals surface area contributed by atoms with E-state index in [1.807, 2.05) is 19.1 Å². The van der Waals surface area contributed by atoms with Crippen LogP contribution in [-0.2, 0) is 6.42 Å². The van der Waals surface area contributed by atoms with Gasteiger partial charge in [-0.2, -0.15) is 0 Å². The molecule has 0 atom stereocenters. The van der Waals surface area contributed by atoms with Crippen molar-refractivity contribution < 1.29 is 9.90 Å². The number of aromatic hydroxyl groups is 1. The van der Waals surface area contributed by atoms with E-state index in [0.29, 0.717) is 15.9 Å². The molecular formula is C16H14N2O3S. The van der Waals surface area contributed by atoms with Gasteiger partial charge < -0.3 is 15.4 Å². The van der Waals surface area contributed by atoms with Gasteiger partial charge in [-0.3, -0.25) is 9.59 Å². The van der Waals surface area contributed by atoms with E-state index in [-0.39, 0.29) is 11.3 Å². The number of carbonyl (C=O) groups is 1. The smallest absolute Gasteiger partial charge is 0.265 e. The average molecular weight is 314 g/mol. The number of hydrogen-bond acceptors (Lipinski definition) is 4. The highest BCUT2D eigenvalue weighted by molar-refractivity contribution is 7.17. The number of fused-ring (bicyclic) bond motifs is 1. The van der Waals surface area contributed by atoms with Gasteiger partial charge in [0.2, 0.25) is 0 Å². The summed E-state index contributed by atoms with van der Waals surface area (Å²) >= 11 is 1.27. The number of hydrogen-bond donors (Lipinski definition) is 3. The number of aromatic amines is 1. The van der Waals surface area contributed by atoms with Crippen molar-refractivity contribution in [2.45, 2.75) is 13.3 Å². The zero-order valence-corrected chi connectivity index (χ0v) is 12.7. The Morgan fingerprint density at radius 1 is 1.27 bits per heavy atom. The maximum absolute atomic E-state index is 12.3. The van der Waals surface area contributed by atoms with E-state index < -0.39 is 11.5 Å². The Morgan fingerprint density at radius 2 is 2.00 bits per heavy atom. The molecular weight excluding hydrogens is 300 g/mol. The Kier molecular flexibility index (Phi) is 3.68. The molecule has 3 aromatic rings. The van der Waals surface area contributed by atoms with Crippen molar-refractivity contribution in [2.24, 2.45) is 0 Å².